The van der Waals surface area contributed by atoms with Crippen molar-refractivity contribution in [2.24, 2.45) is 5.92 Å². The molecule has 0 aliphatic carbocycles. The third kappa shape index (κ3) is 5.34. The van der Waals surface area contributed by atoms with E-state index in [1.807, 2.05) is 37.3 Å². The first kappa shape index (κ1) is 18.0. The lowest BCUT2D eigenvalue weighted by Gasteiger charge is -2.34. The van der Waals surface area contributed by atoms with Crippen molar-refractivity contribution in [2.45, 2.75) is 51.7 Å². The highest BCUT2D eigenvalue weighted by Crippen LogP contribution is 2.20. The molecular weight excluding hydrogens is 314 g/mol. The van der Waals surface area contributed by atoms with Gasteiger partial charge in [0.2, 0.25) is 5.82 Å². The van der Waals surface area contributed by atoms with Crippen LogP contribution in [-0.2, 0) is 6.54 Å². The minimum absolute atomic E-state index is 0.181. The molecule has 2 atom stereocenters. The first-order valence-electron chi connectivity index (χ1n) is 9.46. The van der Waals surface area contributed by atoms with Gasteiger partial charge in [-0.05, 0) is 56.8 Å². The van der Waals surface area contributed by atoms with E-state index in [4.69, 9.17) is 0 Å². The number of rotatable bonds is 8. The van der Waals surface area contributed by atoms with Crippen LogP contribution in [-0.4, -0.2) is 56.0 Å². The quantitative estimate of drug-likeness (QED) is 0.746. The SMILES string of the molecule is CC(O)C1CCCN(CCCCCn2nnc(-c3ccccc3)n2)C1. The molecule has 1 saturated heterocycles. The molecule has 0 saturated carbocycles. The second kappa shape index (κ2) is 9.06. The smallest absolute Gasteiger partial charge is 0.204 e. The standard InChI is InChI=1S/C19H29N5O/c1-16(25)18-11-8-13-23(15-18)12-6-3-7-14-24-21-19(20-22-24)17-9-4-2-5-10-17/h2,4-5,9-10,16,18,25H,3,6-8,11-15H2,1H3. The number of aliphatic hydroxyl groups excluding tert-OH is 1. The van der Waals surface area contributed by atoms with Crippen molar-refractivity contribution in [1.82, 2.24) is 25.1 Å². The molecular formula is C19H29N5O. The third-order valence-electron chi connectivity index (χ3n) is 5.04. The maximum absolute atomic E-state index is 9.77. The van der Waals surface area contributed by atoms with Gasteiger partial charge in [0.05, 0.1) is 12.6 Å². The van der Waals surface area contributed by atoms with Crippen molar-refractivity contribution >= 4 is 0 Å². The Morgan fingerprint density at radius 1 is 1.16 bits per heavy atom. The highest BCUT2D eigenvalue weighted by molar-refractivity contribution is 5.52. The fraction of sp³-hybridized carbons (Fsp3) is 0.632. The number of piperidine rings is 1. The van der Waals surface area contributed by atoms with Gasteiger partial charge in [0, 0.05) is 12.1 Å². The van der Waals surface area contributed by atoms with Gasteiger partial charge >= 0.3 is 0 Å². The Labute approximate surface area is 149 Å². The molecule has 0 spiro atoms. The number of aliphatic hydroxyl groups is 1. The molecule has 6 heteroatoms. The predicted molar refractivity (Wildman–Crippen MR) is 97.9 cm³/mol. The van der Waals surface area contributed by atoms with E-state index in [-0.39, 0.29) is 6.10 Å². The molecule has 1 aliphatic rings. The van der Waals surface area contributed by atoms with Crippen LogP contribution in [0.15, 0.2) is 30.3 Å². The molecule has 2 unspecified atom stereocenters. The summed E-state index contributed by atoms with van der Waals surface area (Å²) in [4.78, 5) is 4.20. The van der Waals surface area contributed by atoms with Crippen LogP contribution in [0.4, 0.5) is 0 Å². The fourth-order valence-corrected chi connectivity index (χ4v) is 3.49. The molecule has 1 aromatic heterocycles. The zero-order valence-corrected chi connectivity index (χ0v) is 15.1. The topological polar surface area (TPSA) is 67.1 Å². The Hall–Kier alpha value is -1.79. The zero-order chi connectivity index (χ0) is 17.5. The van der Waals surface area contributed by atoms with Gasteiger partial charge in [0.25, 0.3) is 0 Å². The van der Waals surface area contributed by atoms with Gasteiger partial charge in [-0.15, -0.1) is 10.2 Å². The van der Waals surface area contributed by atoms with Gasteiger partial charge < -0.3 is 10.0 Å². The second-order valence-electron chi connectivity index (χ2n) is 7.08. The van der Waals surface area contributed by atoms with Crippen LogP contribution >= 0.6 is 0 Å². The molecule has 25 heavy (non-hydrogen) atoms. The molecule has 2 aromatic rings. The normalized spacial score (nSPS) is 19.8. The van der Waals surface area contributed by atoms with E-state index < -0.39 is 0 Å². The van der Waals surface area contributed by atoms with Crippen molar-refractivity contribution < 1.29 is 5.11 Å². The molecule has 1 N–H and O–H groups in total. The summed E-state index contributed by atoms with van der Waals surface area (Å²) in [6, 6.07) is 9.96. The summed E-state index contributed by atoms with van der Waals surface area (Å²) < 4.78 is 0. The van der Waals surface area contributed by atoms with E-state index in [1.165, 1.54) is 19.4 Å². The van der Waals surface area contributed by atoms with Crippen molar-refractivity contribution in [1.29, 1.82) is 0 Å². The largest absolute Gasteiger partial charge is 0.393 e. The average Bonchev–Trinajstić information content (AvgIpc) is 3.11. The number of aryl methyl sites for hydroxylation is 1. The number of hydrogen-bond acceptors (Lipinski definition) is 5. The minimum atomic E-state index is -0.181. The summed E-state index contributed by atoms with van der Waals surface area (Å²) >= 11 is 0. The average molecular weight is 343 g/mol. The summed E-state index contributed by atoms with van der Waals surface area (Å²) in [5.41, 5.74) is 1.01. The number of nitrogens with zero attached hydrogens (tertiary/aromatic N) is 5. The van der Waals surface area contributed by atoms with Crippen LogP contribution in [0.3, 0.4) is 0 Å². The highest BCUT2D eigenvalue weighted by atomic mass is 16.3. The minimum Gasteiger partial charge on any atom is -0.393 e. The molecule has 3 rings (SSSR count). The van der Waals surface area contributed by atoms with E-state index >= 15 is 0 Å². The summed E-state index contributed by atoms with van der Waals surface area (Å²) in [5, 5.41) is 22.5. The van der Waals surface area contributed by atoms with Gasteiger partial charge in [-0.3, -0.25) is 0 Å². The Balaban J connectivity index is 1.34. The van der Waals surface area contributed by atoms with Crippen LogP contribution in [0, 0.1) is 5.92 Å². The van der Waals surface area contributed by atoms with E-state index in [9.17, 15) is 5.11 Å². The van der Waals surface area contributed by atoms with Gasteiger partial charge in [0.15, 0.2) is 0 Å². The third-order valence-corrected chi connectivity index (χ3v) is 5.04. The Bertz CT molecular complexity index is 628. The van der Waals surface area contributed by atoms with Gasteiger partial charge in [-0.25, -0.2) is 0 Å². The number of benzene rings is 1. The van der Waals surface area contributed by atoms with Crippen LogP contribution in [0.1, 0.15) is 39.0 Å². The van der Waals surface area contributed by atoms with Crippen molar-refractivity contribution in [2.75, 3.05) is 19.6 Å². The Morgan fingerprint density at radius 2 is 1.96 bits per heavy atom. The Morgan fingerprint density at radius 3 is 2.76 bits per heavy atom. The molecule has 2 heterocycles. The summed E-state index contributed by atoms with van der Waals surface area (Å²) in [6.45, 7) is 6.08. The van der Waals surface area contributed by atoms with Crippen molar-refractivity contribution in [3.8, 4) is 11.4 Å². The molecule has 6 nitrogen and oxygen atoms in total. The molecule has 1 aromatic carbocycles. The number of aromatic nitrogens is 4. The van der Waals surface area contributed by atoms with E-state index in [2.05, 4.69) is 20.3 Å². The Kier molecular flexibility index (Phi) is 6.53. The molecule has 0 amide bonds. The van der Waals surface area contributed by atoms with Gasteiger partial charge in [-0.2, -0.15) is 4.80 Å². The summed E-state index contributed by atoms with van der Waals surface area (Å²) in [7, 11) is 0. The van der Waals surface area contributed by atoms with Crippen molar-refractivity contribution in [3.63, 3.8) is 0 Å². The van der Waals surface area contributed by atoms with Crippen LogP contribution in [0.5, 0.6) is 0 Å². The first-order valence-corrected chi connectivity index (χ1v) is 9.46. The van der Waals surface area contributed by atoms with E-state index in [1.54, 1.807) is 4.80 Å². The summed E-state index contributed by atoms with van der Waals surface area (Å²) in [5.74, 6) is 1.14. The summed E-state index contributed by atoms with van der Waals surface area (Å²) in [6.07, 6.45) is 5.61. The first-order chi connectivity index (χ1) is 12.2. The monoisotopic (exact) mass is 343 g/mol. The maximum Gasteiger partial charge on any atom is 0.204 e. The molecule has 1 fully saturated rings. The number of hydrogen-bond donors (Lipinski definition) is 1. The number of tetrazole rings is 1. The number of likely N-dealkylation sites (tertiary alicyclic amines) is 1. The second-order valence-corrected chi connectivity index (χ2v) is 7.08. The number of unbranched alkanes of at least 4 members (excludes halogenated alkanes) is 2. The predicted octanol–water partition coefficient (Wildman–Crippen LogP) is 2.60. The van der Waals surface area contributed by atoms with Crippen LogP contribution in [0.2, 0.25) is 0 Å². The molecule has 0 bridgehead atoms. The lowest BCUT2D eigenvalue weighted by molar-refractivity contribution is 0.0622. The van der Waals surface area contributed by atoms with E-state index in [0.29, 0.717) is 11.7 Å². The highest BCUT2D eigenvalue weighted by Gasteiger charge is 2.22. The molecule has 0 radical (unpaired) electrons. The van der Waals surface area contributed by atoms with Gasteiger partial charge in [0.1, 0.15) is 0 Å². The van der Waals surface area contributed by atoms with Crippen molar-refractivity contribution in [3.05, 3.63) is 30.3 Å². The maximum atomic E-state index is 9.77. The van der Waals surface area contributed by atoms with Crippen LogP contribution in [0.25, 0.3) is 11.4 Å². The molecule has 136 valence electrons. The van der Waals surface area contributed by atoms with Crippen LogP contribution < -0.4 is 0 Å². The molecule has 1 aliphatic heterocycles. The lowest BCUT2D eigenvalue weighted by atomic mass is 9.93. The fourth-order valence-electron chi connectivity index (χ4n) is 3.49. The van der Waals surface area contributed by atoms with E-state index in [0.717, 1.165) is 44.5 Å². The lowest BCUT2D eigenvalue weighted by Crippen LogP contribution is -2.39. The van der Waals surface area contributed by atoms with Gasteiger partial charge in [-0.1, -0.05) is 36.8 Å². The zero-order valence-electron chi connectivity index (χ0n) is 15.1.